The molecule has 0 aromatic rings. The van der Waals surface area contributed by atoms with E-state index in [0.717, 1.165) is 33.9 Å². The van der Waals surface area contributed by atoms with Gasteiger partial charge in [-0.3, -0.25) is 0 Å². The van der Waals surface area contributed by atoms with Gasteiger partial charge in [-0.05, 0) is 25.7 Å². The van der Waals surface area contributed by atoms with Gasteiger partial charge in [0.2, 0.25) is 0 Å². The largest absolute Gasteiger partial charge is 0.355 e. The van der Waals surface area contributed by atoms with Crippen molar-refractivity contribution in [2.45, 2.75) is 47.4 Å². The lowest BCUT2D eigenvalue weighted by Gasteiger charge is -2.08. The lowest BCUT2D eigenvalue weighted by Crippen LogP contribution is -2.07. The minimum atomic E-state index is 0.346. The van der Waals surface area contributed by atoms with E-state index in [9.17, 15) is 0 Å². The quantitative estimate of drug-likeness (QED) is 0.186. The molecule has 0 radical (unpaired) electrons. The Morgan fingerprint density at radius 1 is 0.765 bits per heavy atom. The van der Waals surface area contributed by atoms with Crippen LogP contribution in [0.25, 0.3) is 0 Å². The molecule has 0 aliphatic rings. The summed E-state index contributed by atoms with van der Waals surface area (Å²) in [5, 5.41) is 0. The van der Waals surface area contributed by atoms with Crippen LogP contribution in [0.3, 0.4) is 0 Å². The first-order valence-electron chi connectivity index (χ1n) is 6.14. The van der Waals surface area contributed by atoms with Gasteiger partial charge in [0.25, 0.3) is 0 Å². The summed E-state index contributed by atoms with van der Waals surface area (Å²) >= 11 is 4.85. The van der Waals surface area contributed by atoms with E-state index in [4.69, 9.17) is 14.2 Å². The minimum Gasteiger partial charge on any atom is -0.355 e. The van der Waals surface area contributed by atoms with E-state index in [1.807, 2.05) is 0 Å². The maximum Gasteiger partial charge on any atom is 0.149 e. The van der Waals surface area contributed by atoms with Crippen molar-refractivity contribution in [1.82, 2.24) is 0 Å². The lowest BCUT2D eigenvalue weighted by molar-refractivity contribution is -0.131. The molecule has 0 rings (SSSR count). The van der Waals surface area contributed by atoms with Crippen LogP contribution in [0, 0.1) is 0 Å². The monoisotopic (exact) mass is 470 g/mol. The highest BCUT2D eigenvalue weighted by molar-refractivity contribution is 14.1. The molecule has 17 heavy (non-hydrogen) atoms. The Bertz CT molecular complexity index is 139. The van der Waals surface area contributed by atoms with Gasteiger partial charge >= 0.3 is 0 Å². The fourth-order valence-electron chi connectivity index (χ4n) is 1.20. The van der Waals surface area contributed by atoms with Crippen molar-refractivity contribution in [3.8, 4) is 0 Å². The summed E-state index contributed by atoms with van der Waals surface area (Å²) in [7, 11) is 0. The van der Waals surface area contributed by atoms with Crippen LogP contribution < -0.4 is 0 Å². The van der Waals surface area contributed by atoms with E-state index in [1.54, 1.807) is 0 Å². The third-order valence-corrected chi connectivity index (χ3v) is 3.36. The summed E-state index contributed by atoms with van der Waals surface area (Å²) in [5.41, 5.74) is 0. The molecule has 0 aliphatic carbocycles. The zero-order chi connectivity index (χ0) is 12.9. The van der Waals surface area contributed by atoms with Crippen LogP contribution in [0.1, 0.15) is 39.5 Å². The molecule has 0 heterocycles. The third-order valence-electron chi connectivity index (χ3n) is 2.11. The topological polar surface area (TPSA) is 27.7 Å². The molecule has 0 aliphatic heterocycles. The van der Waals surface area contributed by atoms with Crippen molar-refractivity contribution >= 4 is 45.2 Å². The molecule has 0 aromatic heterocycles. The maximum atomic E-state index is 5.32. The van der Waals surface area contributed by atoms with Crippen LogP contribution >= 0.6 is 45.2 Å². The van der Waals surface area contributed by atoms with Crippen molar-refractivity contribution < 1.29 is 14.2 Å². The standard InChI is InChI=1S/C12H24I2O3/c1-11(13)5-3-7-15-9-17-10-16-8-4-6-12(2)14/h11-12H,3-10H2,1-2H3. The van der Waals surface area contributed by atoms with Crippen LogP contribution in [0.15, 0.2) is 0 Å². The van der Waals surface area contributed by atoms with Gasteiger partial charge in [0.05, 0.1) is 0 Å². The number of ether oxygens (including phenoxy) is 3. The Morgan fingerprint density at radius 3 is 1.53 bits per heavy atom. The normalized spacial score (nSPS) is 14.8. The number of rotatable bonds is 12. The summed E-state index contributed by atoms with van der Waals surface area (Å²) in [6.45, 7) is 6.67. The highest BCUT2D eigenvalue weighted by Crippen LogP contribution is 2.07. The Balaban J connectivity index is 2.94. The summed E-state index contributed by atoms with van der Waals surface area (Å²) in [4.78, 5) is 0. The van der Waals surface area contributed by atoms with Crippen molar-refractivity contribution in [2.75, 3.05) is 26.8 Å². The van der Waals surface area contributed by atoms with E-state index in [-0.39, 0.29) is 0 Å². The second kappa shape index (κ2) is 13.8. The molecule has 104 valence electrons. The Kier molecular flexibility index (Phi) is 14.8. The van der Waals surface area contributed by atoms with Crippen molar-refractivity contribution in [2.24, 2.45) is 0 Å². The lowest BCUT2D eigenvalue weighted by atomic mass is 10.3. The summed E-state index contributed by atoms with van der Waals surface area (Å²) in [6, 6.07) is 0. The Hall–Kier alpha value is 1.34. The van der Waals surface area contributed by atoms with Crippen LogP contribution in [0.4, 0.5) is 0 Å². The molecule has 5 heteroatoms. The second-order valence-electron chi connectivity index (χ2n) is 4.10. The molecule has 0 saturated carbocycles. The molecular formula is C12H24I2O3. The molecule has 0 fully saturated rings. The molecule has 0 bridgehead atoms. The van der Waals surface area contributed by atoms with Gasteiger partial charge in [0.15, 0.2) is 0 Å². The molecule has 0 N–H and O–H groups in total. The van der Waals surface area contributed by atoms with Gasteiger partial charge in [-0.25, -0.2) is 0 Å². The van der Waals surface area contributed by atoms with E-state index in [1.165, 1.54) is 12.8 Å². The molecule has 2 atom stereocenters. The third kappa shape index (κ3) is 17.3. The first-order chi connectivity index (χ1) is 8.13. The minimum absolute atomic E-state index is 0.346. The predicted molar refractivity (Wildman–Crippen MR) is 88.2 cm³/mol. The van der Waals surface area contributed by atoms with Gasteiger partial charge in [0, 0.05) is 21.1 Å². The van der Waals surface area contributed by atoms with E-state index in [0.29, 0.717) is 13.6 Å². The van der Waals surface area contributed by atoms with Crippen LogP contribution in [-0.4, -0.2) is 34.6 Å². The van der Waals surface area contributed by atoms with Crippen molar-refractivity contribution in [3.05, 3.63) is 0 Å². The predicted octanol–water partition coefficient (Wildman–Crippen LogP) is 4.16. The van der Waals surface area contributed by atoms with Crippen molar-refractivity contribution in [3.63, 3.8) is 0 Å². The molecule has 2 unspecified atom stereocenters. The van der Waals surface area contributed by atoms with Gasteiger partial charge in [0.1, 0.15) is 13.6 Å². The summed E-state index contributed by atoms with van der Waals surface area (Å²) in [6.07, 6.45) is 4.60. The smallest absolute Gasteiger partial charge is 0.149 e. The van der Waals surface area contributed by atoms with Gasteiger partial charge < -0.3 is 14.2 Å². The van der Waals surface area contributed by atoms with E-state index in [2.05, 4.69) is 59.0 Å². The highest BCUT2D eigenvalue weighted by Gasteiger charge is 1.96. The van der Waals surface area contributed by atoms with Gasteiger partial charge in [-0.15, -0.1) is 0 Å². The fourth-order valence-corrected chi connectivity index (χ4v) is 2.08. The van der Waals surface area contributed by atoms with Gasteiger partial charge in [-0.1, -0.05) is 59.0 Å². The van der Waals surface area contributed by atoms with E-state index >= 15 is 0 Å². The summed E-state index contributed by atoms with van der Waals surface area (Å²) < 4.78 is 17.3. The second-order valence-corrected chi connectivity index (χ2v) is 8.36. The van der Waals surface area contributed by atoms with Crippen molar-refractivity contribution in [1.29, 1.82) is 0 Å². The molecule has 0 aromatic carbocycles. The molecule has 0 spiro atoms. The molecule has 3 nitrogen and oxygen atoms in total. The SMILES string of the molecule is CC(I)CCCOCOCOCCCC(C)I. The van der Waals surface area contributed by atoms with Gasteiger partial charge in [-0.2, -0.15) is 0 Å². The van der Waals surface area contributed by atoms with E-state index < -0.39 is 0 Å². The Morgan fingerprint density at radius 2 is 1.18 bits per heavy atom. The van der Waals surface area contributed by atoms with Crippen LogP contribution in [-0.2, 0) is 14.2 Å². The maximum absolute atomic E-state index is 5.32. The number of hydrogen-bond donors (Lipinski definition) is 0. The van der Waals surface area contributed by atoms with Crippen LogP contribution in [0.2, 0.25) is 0 Å². The highest BCUT2D eigenvalue weighted by atomic mass is 127. The number of hydrogen-bond acceptors (Lipinski definition) is 3. The summed E-state index contributed by atoms with van der Waals surface area (Å²) in [5.74, 6) is 0. The zero-order valence-electron chi connectivity index (χ0n) is 10.8. The Labute approximate surface area is 133 Å². The molecular weight excluding hydrogens is 446 g/mol. The van der Waals surface area contributed by atoms with Crippen LogP contribution in [0.5, 0.6) is 0 Å². The molecule has 0 saturated heterocycles. The average molecular weight is 470 g/mol. The zero-order valence-corrected chi connectivity index (χ0v) is 15.1. The number of alkyl halides is 2. The fraction of sp³-hybridized carbons (Fsp3) is 1.00. The average Bonchev–Trinajstić information content (AvgIpc) is 2.25. The first-order valence-corrected chi connectivity index (χ1v) is 8.63. The first kappa shape index (κ1) is 18.3. The molecule has 0 amide bonds. The number of halogens is 2.